The molecule has 0 spiro atoms. The summed E-state index contributed by atoms with van der Waals surface area (Å²) in [5.74, 6) is -1.22. The van der Waals surface area contributed by atoms with E-state index < -0.39 is 46.7 Å². The second-order valence-electron chi connectivity index (χ2n) is 12.9. The molecule has 1 aromatic carbocycles. The van der Waals surface area contributed by atoms with Gasteiger partial charge >= 0.3 is 0 Å². The number of Topliss-reactive ketones (excluding diaryl/α,β-unsaturated/α-hetero) is 1. The van der Waals surface area contributed by atoms with Crippen LogP contribution in [0.2, 0.25) is 0 Å². The molecule has 5 aliphatic rings. The van der Waals surface area contributed by atoms with Gasteiger partial charge in [-0.25, -0.2) is 8.78 Å². The predicted molar refractivity (Wildman–Crippen MR) is 140 cm³/mol. The Bertz CT molecular complexity index is 1260. The fourth-order valence-corrected chi connectivity index (χ4v) is 9.63. The van der Waals surface area contributed by atoms with Gasteiger partial charge in [-0.1, -0.05) is 25.1 Å². The van der Waals surface area contributed by atoms with Crippen molar-refractivity contribution in [1.29, 1.82) is 0 Å². The van der Waals surface area contributed by atoms with Gasteiger partial charge < -0.3 is 14.9 Å². The molecule has 6 nitrogen and oxygen atoms in total. The van der Waals surface area contributed by atoms with Crippen LogP contribution < -0.4 is 4.74 Å². The maximum Gasteiger partial charge on any atom is 0.178 e. The zero-order chi connectivity index (χ0) is 28.0. The van der Waals surface area contributed by atoms with Crippen LogP contribution >= 0.6 is 0 Å². The first kappa shape index (κ1) is 26.8. The van der Waals surface area contributed by atoms with Crippen molar-refractivity contribution in [3.05, 3.63) is 53.6 Å². The number of benzene rings is 1. The van der Waals surface area contributed by atoms with E-state index in [2.05, 4.69) is 4.90 Å². The fraction of sp³-hybridized carbons (Fsp3) is 0.613. The van der Waals surface area contributed by atoms with Crippen LogP contribution in [0, 0.1) is 34.0 Å². The Labute approximate surface area is 227 Å². The first-order chi connectivity index (χ1) is 18.4. The van der Waals surface area contributed by atoms with Crippen molar-refractivity contribution in [1.82, 2.24) is 4.90 Å². The summed E-state index contributed by atoms with van der Waals surface area (Å²) in [5.41, 5.74) is -4.25. The van der Waals surface area contributed by atoms with Crippen LogP contribution in [0.15, 0.2) is 48.1 Å². The SMILES string of the molecule is COc1ccc(CN2CC3CC4C5CC(F)C6=CC(=O)C=CC6(C)C5(F)C(O)CC4(C)C3(C(=O)CO)C2)cc1. The molecule has 2 N–H and O–H groups in total. The number of carbonyl (C=O) groups excluding carboxylic acids is 2. The minimum atomic E-state index is -2.17. The van der Waals surface area contributed by atoms with Crippen LogP contribution in [-0.2, 0) is 16.1 Å². The molecule has 9 unspecified atom stereocenters. The van der Waals surface area contributed by atoms with E-state index in [1.54, 1.807) is 14.0 Å². The van der Waals surface area contributed by atoms with E-state index in [4.69, 9.17) is 4.74 Å². The van der Waals surface area contributed by atoms with Crippen molar-refractivity contribution in [2.24, 2.45) is 34.0 Å². The van der Waals surface area contributed by atoms with Gasteiger partial charge in [-0.15, -0.1) is 0 Å². The second-order valence-corrected chi connectivity index (χ2v) is 12.9. The van der Waals surface area contributed by atoms with Crippen molar-refractivity contribution in [3.8, 4) is 5.75 Å². The molecule has 210 valence electrons. The summed E-state index contributed by atoms with van der Waals surface area (Å²) in [7, 11) is 1.61. The van der Waals surface area contributed by atoms with E-state index >= 15 is 8.78 Å². The largest absolute Gasteiger partial charge is 0.497 e. The number of halogens is 2. The Kier molecular flexibility index (Phi) is 6.04. The summed E-state index contributed by atoms with van der Waals surface area (Å²) in [6.07, 6.45) is 1.36. The van der Waals surface area contributed by atoms with Crippen molar-refractivity contribution in [2.45, 2.75) is 57.6 Å². The van der Waals surface area contributed by atoms with E-state index in [9.17, 15) is 19.8 Å². The van der Waals surface area contributed by atoms with Gasteiger partial charge in [-0.05, 0) is 78.9 Å². The van der Waals surface area contributed by atoms with Crippen molar-refractivity contribution >= 4 is 11.6 Å². The lowest BCUT2D eigenvalue weighted by Crippen LogP contribution is -2.69. The number of fused-ring (bicyclic) bond motifs is 7. The van der Waals surface area contributed by atoms with Gasteiger partial charge in [0.1, 0.15) is 18.5 Å². The fourth-order valence-electron chi connectivity index (χ4n) is 9.63. The lowest BCUT2D eigenvalue weighted by molar-refractivity contribution is -0.212. The maximum atomic E-state index is 17.5. The van der Waals surface area contributed by atoms with Crippen molar-refractivity contribution in [2.75, 3.05) is 26.8 Å². The van der Waals surface area contributed by atoms with Crippen molar-refractivity contribution < 1.29 is 33.3 Å². The third-order valence-corrected chi connectivity index (χ3v) is 11.4. The second kappa shape index (κ2) is 8.79. The monoisotopic (exact) mass is 541 g/mol. The Morgan fingerprint density at radius 1 is 1.18 bits per heavy atom. The number of ketones is 2. The van der Waals surface area contributed by atoms with Gasteiger partial charge in [0, 0.05) is 31.0 Å². The molecular formula is C31H37F2NO5. The van der Waals surface area contributed by atoms with Crippen LogP contribution in [0.4, 0.5) is 8.78 Å². The number of aliphatic hydroxyl groups excluding tert-OH is 2. The highest BCUT2D eigenvalue weighted by molar-refractivity contribution is 6.01. The lowest BCUT2D eigenvalue weighted by atomic mass is 9.43. The summed E-state index contributed by atoms with van der Waals surface area (Å²) in [6.45, 7) is 4.52. The van der Waals surface area contributed by atoms with Crippen LogP contribution in [0.1, 0.15) is 38.7 Å². The number of hydrogen-bond acceptors (Lipinski definition) is 6. The van der Waals surface area contributed by atoms with Crippen LogP contribution in [0.3, 0.4) is 0 Å². The van der Waals surface area contributed by atoms with E-state index in [-0.39, 0.29) is 41.8 Å². The number of aliphatic hydroxyl groups is 2. The summed E-state index contributed by atoms with van der Waals surface area (Å²) >= 11 is 0. The zero-order valence-electron chi connectivity index (χ0n) is 22.7. The highest BCUT2D eigenvalue weighted by Crippen LogP contribution is 2.74. The highest BCUT2D eigenvalue weighted by atomic mass is 19.1. The third kappa shape index (κ3) is 3.34. The van der Waals surface area contributed by atoms with Crippen LogP contribution in [0.25, 0.3) is 0 Å². The van der Waals surface area contributed by atoms with Gasteiger partial charge in [0.05, 0.1) is 18.6 Å². The van der Waals surface area contributed by atoms with Crippen LogP contribution in [0.5, 0.6) is 5.75 Å². The van der Waals surface area contributed by atoms with E-state index in [0.717, 1.165) is 11.3 Å². The zero-order valence-corrected chi connectivity index (χ0v) is 22.7. The Morgan fingerprint density at radius 2 is 1.90 bits per heavy atom. The number of ether oxygens (including phenoxy) is 1. The first-order valence-electron chi connectivity index (χ1n) is 13.9. The number of allylic oxidation sites excluding steroid dienone is 4. The molecule has 6 rings (SSSR count). The van der Waals surface area contributed by atoms with E-state index in [1.807, 2.05) is 31.2 Å². The Hall–Kier alpha value is -2.42. The molecule has 0 aromatic heterocycles. The smallest absolute Gasteiger partial charge is 0.178 e. The first-order valence-corrected chi connectivity index (χ1v) is 13.9. The number of nitrogens with zero attached hydrogens (tertiary/aromatic N) is 1. The van der Waals surface area contributed by atoms with Crippen LogP contribution in [-0.4, -0.2) is 71.4 Å². The van der Waals surface area contributed by atoms with Gasteiger partial charge in [0.15, 0.2) is 17.2 Å². The summed E-state index contributed by atoms with van der Waals surface area (Å²) in [6, 6.07) is 7.75. The highest BCUT2D eigenvalue weighted by Gasteiger charge is 2.78. The number of methoxy groups -OCH3 is 1. The minimum absolute atomic E-state index is 0.0326. The van der Waals surface area contributed by atoms with Gasteiger partial charge in [-0.3, -0.25) is 14.5 Å². The molecule has 0 bridgehead atoms. The molecule has 1 saturated heterocycles. The number of hydrogen-bond donors (Lipinski definition) is 2. The molecule has 8 heteroatoms. The van der Waals surface area contributed by atoms with Crippen molar-refractivity contribution in [3.63, 3.8) is 0 Å². The molecule has 1 aromatic rings. The predicted octanol–water partition coefficient (Wildman–Crippen LogP) is 3.60. The third-order valence-electron chi connectivity index (χ3n) is 11.4. The van der Waals surface area contributed by atoms with E-state index in [0.29, 0.717) is 26.1 Å². The van der Waals surface area contributed by atoms with Gasteiger partial charge in [-0.2, -0.15) is 0 Å². The molecule has 9 atom stereocenters. The summed E-state index contributed by atoms with van der Waals surface area (Å²) in [4.78, 5) is 28.0. The lowest BCUT2D eigenvalue weighted by Gasteiger charge is -2.63. The molecule has 3 saturated carbocycles. The number of likely N-dealkylation sites (tertiary alicyclic amines) is 1. The standard InChI is InChI=1S/C31H37F2NO5/c1-28-9-8-20(36)11-24(28)25(32)12-23-22-10-19-15-34(14-18-4-6-21(39-3)7-5-18)17-30(19,27(38)16-35)29(22,2)13-26(37)31(23,28)33/h4-9,11,19,22-23,25-26,35,37H,10,12-17H2,1-3H3. The molecule has 0 amide bonds. The molecule has 1 aliphatic heterocycles. The molecule has 1 heterocycles. The molecule has 0 radical (unpaired) electrons. The number of alkyl halides is 2. The van der Waals surface area contributed by atoms with E-state index in [1.165, 1.54) is 18.2 Å². The Morgan fingerprint density at radius 3 is 2.56 bits per heavy atom. The maximum absolute atomic E-state index is 17.5. The summed E-state index contributed by atoms with van der Waals surface area (Å²) in [5, 5.41) is 21.8. The molecule has 39 heavy (non-hydrogen) atoms. The number of rotatable bonds is 5. The topological polar surface area (TPSA) is 87.1 Å². The van der Waals surface area contributed by atoms with Gasteiger partial charge in [0.25, 0.3) is 0 Å². The molecule has 4 fully saturated rings. The average molecular weight is 542 g/mol. The number of carbonyl (C=O) groups is 2. The van der Waals surface area contributed by atoms with Gasteiger partial charge in [0.2, 0.25) is 0 Å². The molecule has 4 aliphatic carbocycles. The average Bonchev–Trinajstić information content (AvgIpc) is 3.39. The quantitative estimate of drug-likeness (QED) is 0.593. The normalized spacial score (nSPS) is 44.7. The summed E-state index contributed by atoms with van der Waals surface area (Å²) < 4.78 is 38.5. The molecular weight excluding hydrogens is 504 g/mol. The minimum Gasteiger partial charge on any atom is -0.497 e. The Balaban J connectivity index is 1.37.